The summed E-state index contributed by atoms with van der Waals surface area (Å²) in [5, 5.41) is 4.38. The lowest BCUT2D eigenvalue weighted by molar-refractivity contribution is -0.121. The highest BCUT2D eigenvalue weighted by molar-refractivity contribution is 5.88. The van der Waals surface area contributed by atoms with Crippen LogP contribution in [-0.2, 0) is 11.2 Å². The Hall–Kier alpha value is -1.85. The molecule has 1 saturated heterocycles. The number of aromatic amines is 1. The molecule has 1 aromatic heterocycles. The number of H-pyrrole nitrogens is 1. The molecule has 2 aliphatic rings. The Balaban J connectivity index is 1.44. The van der Waals surface area contributed by atoms with Crippen LogP contribution in [0.15, 0.2) is 30.5 Å². The molecule has 4 N–H and O–H groups in total. The van der Waals surface area contributed by atoms with Crippen molar-refractivity contribution in [1.29, 1.82) is 0 Å². The van der Waals surface area contributed by atoms with Crippen LogP contribution in [0.5, 0.6) is 0 Å². The van der Waals surface area contributed by atoms with Crippen molar-refractivity contribution in [3.8, 4) is 0 Å². The Labute approximate surface area is 129 Å². The van der Waals surface area contributed by atoms with Gasteiger partial charge in [-0.1, -0.05) is 24.6 Å². The standard InChI is InChI=1S/C17H22N4O/c22-16(8-12-9-18-14-6-2-1-5-13(12)14)20-15-7-3-4-11-10-19-21-17(11)15/h1-2,5-6,9,11,15,17-19,21H,3-4,7-8,10H2,(H,20,22). The lowest BCUT2D eigenvalue weighted by Gasteiger charge is -2.33. The molecule has 2 aromatic rings. The van der Waals surface area contributed by atoms with Crippen molar-refractivity contribution in [2.24, 2.45) is 5.92 Å². The number of fused-ring (bicyclic) bond motifs is 2. The second-order valence-corrected chi connectivity index (χ2v) is 6.45. The van der Waals surface area contributed by atoms with Crippen molar-refractivity contribution in [3.05, 3.63) is 36.0 Å². The predicted octanol–water partition coefficient (Wildman–Crippen LogP) is 1.47. The summed E-state index contributed by atoms with van der Waals surface area (Å²) in [5.41, 5.74) is 8.72. The molecule has 5 heteroatoms. The van der Waals surface area contributed by atoms with E-state index in [4.69, 9.17) is 0 Å². The minimum Gasteiger partial charge on any atom is -0.361 e. The van der Waals surface area contributed by atoms with Crippen molar-refractivity contribution >= 4 is 16.8 Å². The minimum atomic E-state index is 0.115. The molecule has 0 radical (unpaired) electrons. The van der Waals surface area contributed by atoms with E-state index in [1.165, 1.54) is 12.8 Å². The van der Waals surface area contributed by atoms with E-state index in [1.807, 2.05) is 24.4 Å². The van der Waals surface area contributed by atoms with Crippen LogP contribution in [0.3, 0.4) is 0 Å². The molecule has 22 heavy (non-hydrogen) atoms. The van der Waals surface area contributed by atoms with Crippen molar-refractivity contribution in [3.63, 3.8) is 0 Å². The quantitative estimate of drug-likeness (QED) is 0.694. The van der Waals surface area contributed by atoms with Gasteiger partial charge in [-0.05, 0) is 30.4 Å². The summed E-state index contributed by atoms with van der Waals surface area (Å²) in [6.45, 7) is 1.01. The topological polar surface area (TPSA) is 69.0 Å². The lowest BCUT2D eigenvalue weighted by Crippen LogP contribution is -2.53. The molecule has 3 atom stereocenters. The fraction of sp³-hybridized carbons (Fsp3) is 0.471. The van der Waals surface area contributed by atoms with Crippen molar-refractivity contribution < 1.29 is 4.79 Å². The Morgan fingerprint density at radius 2 is 2.18 bits per heavy atom. The Morgan fingerprint density at radius 3 is 3.14 bits per heavy atom. The fourth-order valence-corrected chi connectivity index (χ4v) is 3.91. The maximum Gasteiger partial charge on any atom is 0.224 e. The molecule has 0 bridgehead atoms. The summed E-state index contributed by atoms with van der Waals surface area (Å²) in [4.78, 5) is 15.7. The smallest absolute Gasteiger partial charge is 0.224 e. The van der Waals surface area contributed by atoms with Crippen LogP contribution >= 0.6 is 0 Å². The van der Waals surface area contributed by atoms with Crippen LogP contribution < -0.4 is 16.2 Å². The van der Waals surface area contributed by atoms with Crippen molar-refractivity contribution in [2.45, 2.75) is 37.8 Å². The maximum atomic E-state index is 12.4. The van der Waals surface area contributed by atoms with E-state index in [1.54, 1.807) is 0 Å². The molecule has 2 fully saturated rings. The van der Waals surface area contributed by atoms with Gasteiger partial charge in [-0.25, -0.2) is 0 Å². The normalized spacial score (nSPS) is 27.7. The van der Waals surface area contributed by atoms with Gasteiger partial charge in [0.05, 0.1) is 6.42 Å². The van der Waals surface area contributed by atoms with E-state index >= 15 is 0 Å². The summed E-state index contributed by atoms with van der Waals surface area (Å²) in [7, 11) is 0. The average Bonchev–Trinajstić information content (AvgIpc) is 3.15. The number of hydrogen-bond acceptors (Lipinski definition) is 3. The Kier molecular flexibility index (Phi) is 3.60. The van der Waals surface area contributed by atoms with E-state index < -0.39 is 0 Å². The van der Waals surface area contributed by atoms with Crippen LogP contribution in [0.2, 0.25) is 0 Å². The van der Waals surface area contributed by atoms with Gasteiger partial charge in [-0.15, -0.1) is 0 Å². The maximum absolute atomic E-state index is 12.4. The van der Waals surface area contributed by atoms with Crippen LogP contribution in [0.25, 0.3) is 10.9 Å². The number of carbonyl (C=O) groups excluding carboxylic acids is 1. The first kappa shape index (κ1) is 13.8. The summed E-state index contributed by atoms with van der Waals surface area (Å²) in [5.74, 6) is 0.760. The lowest BCUT2D eigenvalue weighted by atomic mass is 9.82. The van der Waals surface area contributed by atoms with Crippen molar-refractivity contribution in [1.82, 2.24) is 21.2 Å². The predicted molar refractivity (Wildman–Crippen MR) is 86.2 cm³/mol. The zero-order chi connectivity index (χ0) is 14.9. The first-order valence-electron chi connectivity index (χ1n) is 8.14. The number of carbonyl (C=O) groups is 1. The van der Waals surface area contributed by atoms with Gasteiger partial charge in [0.2, 0.25) is 5.91 Å². The van der Waals surface area contributed by atoms with E-state index in [0.717, 1.165) is 29.4 Å². The highest BCUT2D eigenvalue weighted by Crippen LogP contribution is 2.27. The number of nitrogens with one attached hydrogen (secondary N) is 4. The van der Waals surface area contributed by atoms with Gasteiger partial charge in [0.15, 0.2) is 0 Å². The second-order valence-electron chi connectivity index (χ2n) is 6.45. The average molecular weight is 298 g/mol. The number of benzene rings is 1. The molecule has 1 amide bonds. The molecule has 3 unspecified atom stereocenters. The molecule has 0 spiro atoms. The molecular formula is C17H22N4O. The summed E-state index contributed by atoms with van der Waals surface area (Å²) in [6.07, 6.45) is 5.89. The zero-order valence-electron chi connectivity index (χ0n) is 12.6. The molecular weight excluding hydrogens is 276 g/mol. The molecule has 5 nitrogen and oxygen atoms in total. The largest absolute Gasteiger partial charge is 0.361 e. The second kappa shape index (κ2) is 5.74. The van der Waals surface area contributed by atoms with E-state index in [2.05, 4.69) is 27.2 Å². The molecule has 116 valence electrons. The Morgan fingerprint density at radius 1 is 1.27 bits per heavy atom. The molecule has 1 aliphatic heterocycles. The van der Waals surface area contributed by atoms with Crippen LogP contribution in [0.1, 0.15) is 24.8 Å². The summed E-state index contributed by atoms with van der Waals surface area (Å²) < 4.78 is 0. The number of hydrogen-bond donors (Lipinski definition) is 4. The van der Waals surface area contributed by atoms with Gasteiger partial charge < -0.3 is 10.3 Å². The molecule has 4 rings (SSSR count). The fourth-order valence-electron chi connectivity index (χ4n) is 3.91. The number of aromatic nitrogens is 1. The highest BCUT2D eigenvalue weighted by Gasteiger charge is 2.37. The third-order valence-electron chi connectivity index (χ3n) is 5.04. The van der Waals surface area contributed by atoms with Gasteiger partial charge in [0, 0.05) is 35.7 Å². The van der Waals surface area contributed by atoms with Gasteiger partial charge in [-0.3, -0.25) is 15.6 Å². The number of hydrazine groups is 1. The Bertz CT molecular complexity index is 680. The van der Waals surface area contributed by atoms with E-state index in [-0.39, 0.29) is 11.9 Å². The van der Waals surface area contributed by atoms with Gasteiger partial charge in [0.25, 0.3) is 0 Å². The first-order valence-corrected chi connectivity index (χ1v) is 8.14. The number of amides is 1. The van der Waals surface area contributed by atoms with Crippen LogP contribution in [0, 0.1) is 5.92 Å². The summed E-state index contributed by atoms with van der Waals surface area (Å²) >= 11 is 0. The van der Waals surface area contributed by atoms with Crippen LogP contribution in [0.4, 0.5) is 0 Å². The number of para-hydroxylation sites is 1. The van der Waals surface area contributed by atoms with Gasteiger partial charge >= 0.3 is 0 Å². The van der Waals surface area contributed by atoms with Gasteiger partial charge in [-0.2, -0.15) is 0 Å². The molecule has 1 saturated carbocycles. The number of rotatable bonds is 3. The van der Waals surface area contributed by atoms with E-state index in [0.29, 0.717) is 18.4 Å². The van der Waals surface area contributed by atoms with E-state index in [9.17, 15) is 4.79 Å². The summed E-state index contributed by atoms with van der Waals surface area (Å²) in [6, 6.07) is 8.73. The highest BCUT2D eigenvalue weighted by atomic mass is 16.1. The SMILES string of the molecule is O=C(Cc1c[nH]c2ccccc12)NC1CCCC2CNNC21. The monoisotopic (exact) mass is 298 g/mol. The molecule has 1 aliphatic carbocycles. The molecule has 2 heterocycles. The van der Waals surface area contributed by atoms with Gasteiger partial charge in [0.1, 0.15) is 0 Å². The minimum absolute atomic E-state index is 0.115. The molecule has 1 aromatic carbocycles. The first-order chi connectivity index (χ1) is 10.8. The van der Waals surface area contributed by atoms with Crippen LogP contribution in [-0.4, -0.2) is 29.5 Å². The zero-order valence-corrected chi connectivity index (χ0v) is 12.6. The third-order valence-corrected chi connectivity index (χ3v) is 5.04. The third kappa shape index (κ3) is 2.51. The van der Waals surface area contributed by atoms with Crippen molar-refractivity contribution in [2.75, 3.05) is 6.54 Å².